The molecule has 3 aliphatic rings. The van der Waals surface area contributed by atoms with Crippen molar-refractivity contribution in [3.63, 3.8) is 0 Å². The molecule has 4 atom stereocenters. The van der Waals surface area contributed by atoms with Crippen LogP contribution >= 0.6 is 0 Å². The normalized spacial score (nSPS) is 24.7. The Morgan fingerprint density at radius 2 is 1.40 bits per heavy atom. The third-order valence-corrected chi connectivity index (χ3v) is 9.64. The van der Waals surface area contributed by atoms with Crippen LogP contribution in [0, 0.1) is 25.7 Å². The number of hydrogen-bond donors (Lipinski definition) is 0. The molecule has 3 aromatic carbocycles. The van der Waals surface area contributed by atoms with Gasteiger partial charge in [-0.3, -0.25) is 24.1 Å². The molecule has 9 heteroatoms. The molecule has 6 rings (SSSR count). The molecule has 3 aromatic rings. The number of ether oxygens (including phenoxy) is 2. The standard InChI is InChI=1S/C36H39N3O6/c1-6-7-8-19-37-32(27-18-17-26(44-4)20-28(27)45-5)30-31(34(42)39(33(30)41)25-15-11-23(3)12-16-25)36(37)21-29(40)38(35(36)43)24-13-9-22(2)10-14-24/h9-18,20,30-32H,6-8,19,21H2,1-5H3. The van der Waals surface area contributed by atoms with Gasteiger partial charge in [-0.1, -0.05) is 61.2 Å². The van der Waals surface area contributed by atoms with Crippen LogP contribution in [0.5, 0.6) is 11.5 Å². The molecule has 3 saturated heterocycles. The molecule has 0 aromatic heterocycles. The highest BCUT2D eigenvalue weighted by Crippen LogP contribution is 2.60. The minimum atomic E-state index is -1.55. The number of fused-ring (bicyclic) bond motifs is 2. The average Bonchev–Trinajstić information content (AvgIpc) is 3.58. The smallest absolute Gasteiger partial charge is 0.255 e. The lowest BCUT2D eigenvalue weighted by Gasteiger charge is -2.39. The fourth-order valence-electron chi connectivity index (χ4n) is 7.49. The molecule has 3 fully saturated rings. The van der Waals surface area contributed by atoms with Gasteiger partial charge in [0, 0.05) is 11.6 Å². The van der Waals surface area contributed by atoms with E-state index in [2.05, 4.69) is 6.92 Å². The fraction of sp³-hybridized carbons (Fsp3) is 0.389. The van der Waals surface area contributed by atoms with Gasteiger partial charge in [0.05, 0.1) is 49.9 Å². The summed E-state index contributed by atoms with van der Waals surface area (Å²) in [4.78, 5) is 62.5. The molecule has 0 saturated carbocycles. The van der Waals surface area contributed by atoms with Crippen LogP contribution in [0.15, 0.2) is 66.7 Å². The Labute approximate surface area is 263 Å². The van der Waals surface area contributed by atoms with Crippen molar-refractivity contribution in [2.45, 2.75) is 58.0 Å². The van der Waals surface area contributed by atoms with Crippen molar-refractivity contribution in [1.29, 1.82) is 0 Å². The van der Waals surface area contributed by atoms with Crippen LogP contribution in [-0.2, 0) is 19.2 Å². The molecule has 0 radical (unpaired) electrons. The van der Waals surface area contributed by atoms with Gasteiger partial charge in [-0.15, -0.1) is 0 Å². The third kappa shape index (κ3) is 4.72. The van der Waals surface area contributed by atoms with E-state index in [1.807, 2.05) is 49.1 Å². The first kappa shape index (κ1) is 30.5. The molecule has 3 aliphatic heterocycles. The van der Waals surface area contributed by atoms with Gasteiger partial charge < -0.3 is 9.47 Å². The maximum Gasteiger partial charge on any atom is 0.255 e. The topological polar surface area (TPSA) is 96.5 Å². The highest BCUT2D eigenvalue weighted by atomic mass is 16.5. The highest BCUT2D eigenvalue weighted by Gasteiger charge is 2.75. The predicted molar refractivity (Wildman–Crippen MR) is 170 cm³/mol. The lowest BCUT2D eigenvalue weighted by atomic mass is 9.78. The molecule has 4 amide bonds. The van der Waals surface area contributed by atoms with Gasteiger partial charge >= 0.3 is 0 Å². The maximum absolute atomic E-state index is 14.9. The zero-order valence-electron chi connectivity index (χ0n) is 26.4. The van der Waals surface area contributed by atoms with Gasteiger partial charge in [-0.05, 0) is 57.1 Å². The third-order valence-electron chi connectivity index (χ3n) is 9.64. The van der Waals surface area contributed by atoms with E-state index in [0.717, 1.165) is 30.4 Å². The van der Waals surface area contributed by atoms with Crippen molar-refractivity contribution < 1.29 is 28.7 Å². The number of benzene rings is 3. The number of carbonyl (C=O) groups is 4. The first-order chi connectivity index (χ1) is 21.7. The fourth-order valence-corrected chi connectivity index (χ4v) is 7.49. The summed E-state index contributed by atoms with van der Waals surface area (Å²) in [5, 5.41) is 0. The van der Waals surface area contributed by atoms with E-state index in [1.165, 1.54) is 9.80 Å². The number of carbonyl (C=O) groups excluding carboxylic acids is 4. The zero-order valence-corrected chi connectivity index (χ0v) is 26.4. The van der Waals surface area contributed by atoms with Gasteiger partial charge in [-0.25, -0.2) is 9.80 Å². The Morgan fingerprint density at radius 3 is 1.98 bits per heavy atom. The second-order valence-electron chi connectivity index (χ2n) is 12.3. The summed E-state index contributed by atoms with van der Waals surface area (Å²) in [7, 11) is 3.11. The highest BCUT2D eigenvalue weighted by molar-refractivity contribution is 6.30. The summed E-state index contributed by atoms with van der Waals surface area (Å²) in [6.07, 6.45) is 2.34. The van der Waals surface area contributed by atoms with Crippen molar-refractivity contribution in [2.24, 2.45) is 11.8 Å². The summed E-state index contributed by atoms with van der Waals surface area (Å²) >= 11 is 0. The molecule has 1 spiro atoms. The molecular formula is C36H39N3O6. The van der Waals surface area contributed by atoms with Gasteiger partial charge in [0.15, 0.2) is 0 Å². The number of aryl methyl sites for hydroxylation is 2. The van der Waals surface area contributed by atoms with E-state index in [1.54, 1.807) is 50.6 Å². The summed E-state index contributed by atoms with van der Waals surface area (Å²) < 4.78 is 11.3. The number of imide groups is 2. The Bertz CT molecular complexity index is 1650. The zero-order chi connectivity index (χ0) is 32.0. The Morgan fingerprint density at radius 1 is 0.778 bits per heavy atom. The molecule has 3 heterocycles. The van der Waals surface area contributed by atoms with Crippen LogP contribution in [0.2, 0.25) is 0 Å². The number of anilines is 2. The maximum atomic E-state index is 14.9. The number of amides is 4. The predicted octanol–water partition coefficient (Wildman–Crippen LogP) is 5.38. The Hall–Kier alpha value is -4.50. The second kappa shape index (κ2) is 11.8. The number of rotatable bonds is 9. The van der Waals surface area contributed by atoms with Crippen LogP contribution in [0.1, 0.15) is 55.3 Å². The van der Waals surface area contributed by atoms with E-state index in [-0.39, 0.29) is 18.2 Å². The Balaban J connectivity index is 1.57. The van der Waals surface area contributed by atoms with Gasteiger partial charge in [-0.2, -0.15) is 0 Å². The number of methoxy groups -OCH3 is 2. The second-order valence-corrected chi connectivity index (χ2v) is 12.3. The molecule has 4 unspecified atom stereocenters. The van der Waals surface area contributed by atoms with Gasteiger partial charge in [0.1, 0.15) is 17.0 Å². The van der Waals surface area contributed by atoms with Crippen molar-refractivity contribution in [3.8, 4) is 11.5 Å². The minimum Gasteiger partial charge on any atom is -0.497 e. The van der Waals surface area contributed by atoms with Crippen molar-refractivity contribution in [2.75, 3.05) is 30.6 Å². The monoisotopic (exact) mass is 609 g/mol. The SMILES string of the molecule is CCCCCN1C(c2ccc(OC)cc2OC)C2C(=O)N(c3ccc(C)cc3)C(=O)C2C12CC(=O)N(c1ccc(C)cc1)C2=O. The van der Waals surface area contributed by atoms with Crippen LogP contribution in [0.3, 0.4) is 0 Å². The van der Waals surface area contributed by atoms with E-state index in [0.29, 0.717) is 35.0 Å². The average molecular weight is 610 g/mol. The molecule has 45 heavy (non-hydrogen) atoms. The van der Waals surface area contributed by atoms with E-state index in [4.69, 9.17) is 9.47 Å². The van der Waals surface area contributed by atoms with Gasteiger partial charge in [0.25, 0.3) is 5.91 Å². The van der Waals surface area contributed by atoms with Crippen LogP contribution < -0.4 is 19.3 Å². The molecule has 9 nitrogen and oxygen atoms in total. The van der Waals surface area contributed by atoms with E-state index < -0.39 is 35.2 Å². The van der Waals surface area contributed by atoms with Crippen LogP contribution in [0.4, 0.5) is 11.4 Å². The largest absolute Gasteiger partial charge is 0.497 e. The first-order valence-corrected chi connectivity index (χ1v) is 15.5. The minimum absolute atomic E-state index is 0.206. The number of likely N-dealkylation sites (tertiary alicyclic amines) is 1. The summed E-state index contributed by atoms with van der Waals surface area (Å²) in [5.41, 5.74) is 2.00. The quantitative estimate of drug-likeness (QED) is 0.238. The summed E-state index contributed by atoms with van der Waals surface area (Å²) in [5.74, 6) is -2.64. The van der Waals surface area contributed by atoms with E-state index in [9.17, 15) is 19.2 Å². The van der Waals surface area contributed by atoms with Crippen LogP contribution in [-0.4, -0.2) is 54.8 Å². The van der Waals surface area contributed by atoms with E-state index >= 15 is 0 Å². The number of hydrogen-bond acceptors (Lipinski definition) is 7. The molecule has 0 aliphatic carbocycles. The summed E-state index contributed by atoms with van der Waals surface area (Å²) in [6.45, 7) is 6.38. The molecule has 0 bridgehead atoms. The summed E-state index contributed by atoms with van der Waals surface area (Å²) in [6, 6.07) is 19.1. The lowest BCUT2D eigenvalue weighted by Crippen LogP contribution is -2.57. The molecular weight excluding hydrogens is 570 g/mol. The van der Waals surface area contributed by atoms with Crippen molar-refractivity contribution >= 4 is 35.0 Å². The first-order valence-electron chi connectivity index (χ1n) is 15.5. The van der Waals surface area contributed by atoms with Crippen molar-refractivity contribution in [3.05, 3.63) is 83.4 Å². The number of unbranched alkanes of at least 4 members (excludes halogenated alkanes) is 2. The van der Waals surface area contributed by atoms with Gasteiger partial charge in [0.2, 0.25) is 17.7 Å². The Kier molecular flexibility index (Phi) is 7.99. The number of nitrogens with zero attached hydrogens (tertiary/aromatic N) is 3. The van der Waals surface area contributed by atoms with Crippen LogP contribution in [0.25, 0.3) is 0 Å². The lowest BCUT2D eigenvalue weighted by molar-refractivity contribution is -0.135. The van der Waals surface area contributed by atoms with Crippen molar-refractivity contribution in [1.82, 2.24) is 4.90 Å². The molecule has 234 valence electrons. The molecule has 0 N–H and O–H groups in total.